The van der Waals surface area contributed by atoms with Crippen molar-refractivity contribution in [2.45, 2.75) is 67.5 Å². The number of H-pyrrole nitrogens is 1. The van der Waals surface area contributed by atoms with E-state index in [2.05, 4.69) is 4.98 Å². The van der Waals surface area contributed by atoms with Crippen molar-refractivity contribution in [2.24, 2.45) is 0 Å². The Labute approximate surface area is 298 Å². The fourth-order valence-corrected chi connectivity index (χ4v) is 6.70. The lowest BCUT2D eigenvalue weighted by Crippen LogP contribution is -2.67. The van der Waals surface area contributed by atoms with Crippen LogP contribution in [0, 0.1) is 0 Å². The van der Waals surface area contributed by atoms with Gasteiger partial charge in [0.1, 0.15) is 80.1 Å². The molecule has 2 aliphatic heterocycles. The van der Waals surface area contributed by atoms with Crippen LogP contribution in [0.1, 0.15) is 0 Å². The first-order valence-corrected chi connectivity index (χ1v) is 17.0. The molecule has 6 rings (SSSR count). The molecule has 2 saturated heterocycles. The predicted molar refractivity (Wildman–Crippen MR) is 184 cm³/mol. The zero-order valence-corrected chi connectivity index (χ0v) is 28.4. The van der Waals surface area contributed by atoms with Crippen LogP contribution >= 0.6 is 0 Å². The van der Waals surface area contributed by atoms with E-state index in [4.69, 9.17) is 28.4 Å². The van der Waals surface area contributed by atoms with Crippen LogP contribution < -0.4 is 14.2 Å². The van der Waals surface area contributed by atoms with Gasteiger partial charge >= 0.3 is 0 Å². The molecule has 0 aliphatic carbocycles. The average molecular weight is 731 g/mol. The number of methoxy groups -OCH3 is 1. The van der Waals surface area contributed by atoms with Gasteiger partial charge in [-0.15, -0.1) is 0 Å². The molecule has 52 heavy (non-hydrogen) atoms. The molecule has 0 saturated carbocycles. The number of aromatic amines is 1. The summed E-state index contributed by atoms with van der Waals surface area (Å²) in [6.45, 7) is -1.63. The normalized spacial score (nSPS) is 30.1. The molecule has 11 atom stereocenters. The maximum Gasteiger partial charge on any atom is 0.187 e. The van der Waals surface area contributed by atoms with Gasteiger partial charge in [-0.2, -0.15) is 0 Å². The van der Waals surface area contributed by atoms with Crippen molar-refractivity contribution in [2.75, 3.05) is 46.6 Å². The van der Waals surface area contributed by atoms with E-state index in [9.17, 15) is 40.9 Å². The third kappa shape index (κ3) is 7.98. The summed E-state index contributed by atoms with van der Waals surface area (Å²) >= 11 is 0. The third-order valence-electron chi connectivity index (χ3n) is 9.41. The van der Waals surface area contributed by atoms with Crippen molar-refractivity contribution in [3.05, 3.63) is 66.7 Å². The molecule has 2 aliphatic rings. The van der Waals surface area contributed by atoms with Crippen LogP contribution in [0.5, 0.6) is 17.2 Å². The number of aliphatic hydroxyl groups is 8. The summed E-state index contributed by atoms with van der Waals surface area (Å²) in [6.07, 6.45) is -16.8. The second-order valence-electron chi connectivity index (χ2n) is 12.8. The highest BCUT2D eigenvalue weighted by atomic mass is 16.7. The van der Waals surface area contributed by atoms with Crippen molar-refractivity contribution < 1.29 is 69.3 Å². The molecular weight excluding hydrogens is 684 g/mol. The molecule has 1 aromatic heterocycles. The van der Waals surface area contributed by atoms with E-state index in [0.29, 0.717) is 17.2 Å². The molecule has 9 N–H and O–H groups in total. The van der Waals surface area contributed by atoms with Crippen LogP contribution in [-0.2, 0) is 14.2 Å². The number of aromatic nitrogens is 1. The van der Waals surface area contributed by atoms with Crippen LogP contribution in [-0.4, -0.2) is 165 Å². The highest BCUT2D eigenvalue weighted by molar-refractivity contribution is 6.10. The fourth-order valence-electron chi connectivity index (χ4n) is 6.70. The van der Waals surface area contributed by atoms with Crippen LogP contribution in [0.3, 0.4) is 0 Å². The predicted octanol–water partition coefficient (Wildman–Crippen LogP) is -0.925. The first-order valence-electron chi connectivity index (χ1n) is 17.0. The Hall–Kier alpha value is -3.62. The van der Waals surface area contributed by atoms with E-state index >= 15 is 0 Å². The minimum atomic E-state index is -1.80. The van der Waals surface area contributed by atoms with Gasteiger partial charge in [0.15, 0.2) is 17.8 Å². The molecule has 4 aromatic rings. The Balaban J connectivity index is 1.18. The van der Waals surface area contributed by atoms with Gasteiger partial charge in [0.2, 0.25) is 0 Å². The van der Waals surface area contributed by atoms with Gasteiger partial charge in [0.25, 0.3) is 0 Å². The summed E-state index contributed by atoms with van der Waals surface area (Å²) in [5, 5.41) is 86.6. The number of para-hydroxylation sites is 3. The SMILES string of the molecule is COc1ccccc1OCCN(CC(O)COc1cccc2[nH]c3ccccc3c12)[C@@H]1O[C@H](CO)[C@@H](O[C@@H]2O[C@H](CO)[C@@H](O)[C@H](O)[C@H]2O)[C@H](O)[C@H]1O. The summed E-state index contributed by atoms with van der Waals surface area (Å²) in [6, 6.07) is 20.4. The number of nitrogens with one attached hydrogen (secondary N) is 1. The number of benzene rings is 3. The summed E-state index contributed by atoms with van der Waals surface area (Å²) in [5.41, 5.74) is 1.80. The molecule has 0 bridgehead atoms. The second kappa shape index (κ2) is 17.0. The van der Waals surface area contributed by atoms with Gasteiger partial charge < -0.3 is 74.3 Å². The van der Waals surface area contributed by atoms with Crippen molar-refractivity contribution in [1.82, 2.24) is 9.88 Å². The van der Waals surface area contributed by atoms with Gasteiger partial charge in [-0.1, -0.05) is 36.4 Å². The van der Waals surface area contributed by atoms with Crippen molar-refractivity contribution in [3.63, 3.8) is 0 Å². The number of aliphatic hydroxyl groups excluding tert-OH is 8. The summed E-state index contributed by atoms with van der Waals surface area (Å²) in [5.74, 6) is 1.50. The molecule has 0 spiro atoms. The molecule has 0 amide bonds. The summed E-state index contributed by atoms with van der Waals surface area (Å²) in [7, 11) is 1.51. The molecule has 3 heterocycles. The standard InChI is InChI=1S/C36H46N2O14/c1-47-23-10-4-5-11-24(23)48-14-13-38(15-19(41)18-49-25-12-6-9-22-28(25)20-7-2-3-8-21(20)37-22)35-32(45)31(44)34(27(17-40)50-35)52-36-33(46)30(43)29(42)26(16-39)51-36/h2-12,19,26-27,29-37,39-46H,13-18H2,1H3/t19?,26-,27-,29-,30+,31-,32-,33-,34-,35-,36+/m1/s1. The van der Waals surface area contributed by atoms with Gasteiger partial charge in [0.05, 0.1) is 25.8 Å². The molecule has 2 fully saturated rings. The monoisotopic (exact) mass is 730 g/mol. The van der Waals surface area contributed by atoms with E-state index in [0.717, 1.165) is 21.8 Å². The van der Waals surface area contributed by atoms with E-state index in [1.54, 1.807) is 30.3 Å². The maximum absolute atomic E-state index is 11.4. The zero-order valence-electron chi connectivity index (χ0n) is 28.4. The van der Waals surface area contributed by atoms with Gasteiger partial charge in [-0.3, -0.25) is 4.90 Å². The topological polar surface area (TPSA) is 236 Å². The number of hydrogen-bond donors (Lipinski definition) is 9. The van der Waals surface area contributed by atoms with Crippen LogP contribution in [0.15, 0.2) is 66.7 Å². The van der Waals surface area contributed by atoms with E-state index in [1.807, 2.05) is 36.4 Å². The number of rotatable bonds is 15. The fraction of sp³-hybridized carbons (Fsp3) is 0.500. The molecule has 284 valence electrons. The smallest absolute Gasteiger partial charge is 0.187 e. The Morgan fingerprint density at radius 3 is 2.17 bits per heavy atom. The van der Waals surface area contributed by atoms with Crippen molar-refractivity contribution in [3.8, 4) is 17.2 Å². The highest BCUT2D eigenvalue weighted by Crippen LogP contribution is 2.34. The van der Waals surface area contributed by atoms with Crippen molar-refractivity contribution >= 4 is 21.8 Å². The Morgan fingerprint density at radius 2 is 1.42 bits per heavy atom. The second-order valence-corrected chi connectivity index (χ2v) is 12.8. The molecule has 3 aromatic carbocycles. The van der Waals surface area contributed by atoms with E-state index in [1.165, 1.54) is 12.0 Å². The lowest BCUT2D eigenvalue weighted by Gasteiger charge is -2.48. The third-order valence-corrected chi connectivity index (χ3v) is 9.41. The number of ether oxygens (including phenoxy) is 6. The number of nitrogens with zero attached hydrogens (tertiary/aromatic N) is 1. The molecule has 16 heteroatoms. The van der Waals surface area contributed by atoms with Gasteiger partial charge in [0, 0.05) is 29.4 Å². The molecular formula is C36H46N2O14. The Bertz CT molecular complexity index is 1740. The van der Waals surface area contributed by atoms with E-state index < -0.39 is 80.7 Å². The zero-order chi connectivity index (χ0) is 36.9. The first kappa shape index (κ1) is 38.1. The Kier molecular flexibility index (Phi) is 12.5. The summed E-state index contributed by atoms with van der Waals surface area (Å²) < 4.78 is 34.7. The number of hydrogen-bond acceptors (Lipinski definition) is 15. The maximum atomic E-state index is 11.4. The minimum Gasteiger partial charge on any atom is -0.493 e. The van der Waals surface area contributed by atoms with Crippen LogP contribution in [0.2, 0.25) is 0 Å². The van der Waals surface area contributed by atoms with Crippen molar-refractivity contribution in [1.29, 1.82) is 0 Å². The lowest BCUT2D eigenvalue weighted by molar-refractivity contribution is -0.349. The van der Waals surface area contributed by atoms with Crippen LogP contribution in [0.4, 0.5) is 0 Å². The number of fused-ring (bicyclic) bond motifs is 3. The molecule has 1 unspecified atom stereocenters. The van der Waals surface area contributed by atoms with Gasteiger partial charge in [-0.05, 0) is 30.3 Å². The quantitative estimate of drug-likeness (QED) is 0.0719. The Morgan fingerprint density at radius 1 is 0.731 bits per heavy atom. The highest BCUT2D eigenvalue weighted by Gasteiger charge is 2.51. The largest absolute Gasteiger partial charge is 0.493 e. The van der Waals surface area contributed by atoms with Gasteiger partial charge in [-0.25, -0.2) is 0 Å². The first-order chi connectivity index (χ1) is 25.1. The minimum absolute atomic E-state index is 0.0276. The van der Waals surface area contributed by atoms with Crippen LogP contribution in [0.25, 0.3) is 21.8 Å². The summed E-state index contributed by atoms with van der Waals surface area (Å²) in [4.78, 5) is 4.89. The molecule has 16 nitrogen and oxygen atoms in total. The average Bonchev–Trinajstić information content (AvgIpc) is 3.55. The lowest BCUT2D eigenvalue weighted by atomic mass is 9.96. The molecule has 0 radical (unpaired) electrons. The van der Waals surface area contributed by atoms with E-state index in [-0.39, 0.29) is 26.3 Å².